The summed E-state index contributed by atoms with van der Waals surface area (Å²) >= 11 is 6.16. The van der Waals surface area contributed by atoms with Crippen molar-refractivity contribution in [2.75, 3.05) is 6.54 Å². The van der Waals surface area contributed by atoms with E-state index in [1.807, 2.05) is 24.3 Å². The van der Waals surface area contributed by atoms with Gasteiger partial charge in [0.1, 0.15) is 0 Å². The van der Waals surface area contributed by atoms with Crippen LogP contribution in [0.4, 0.5) is 0 Å². The predicted molar refractivity (Wildman–Crippen MR) is 98.0 cm³/mol. The Morgan fingerprint density at radius 1 is 1.46 bits per heavy atom. The number of hydrogen-bond acceptors (Lipinski definition) is 3. The molecule has 1 fully saturated rings. The second kappa shape index (κ2) is 8.51. The SMILES string of the molecule is CC1NCCCC1NC(=O)c1cnn(Cc2ccccc2Cl)c1.Cl. The van der Waals surface area contributed by atoms with Gasteiger partial charge < -0.3 is 10.6 Å². The standard InChI is InChI=1S/C17H21ClN4O.ClH/c1-12-16(7-4-8-19-12)21-17(23)14-9-20-22(11-14)10-13-5-2-3-6-15(13)18;/h2-3,5-6,9,11-12,16,19H,4,7-8,10H2,1H3,(H,21,23);1H. The molecule has 1 aliphatic heterocycles. The lowest BCUT2D eigenvalue weighted by atomic mass is 10.00. The van der Waals surface area contributed by atoms with Crippen molar-refractivity contribution in [3.63, 3.8) is 0 Å². The minimum atomic E-state index is -0.0732. The van der Waals surface area contributed by atoms with Crippen LogP contribution in [0.25, 0.3) is 0 Å². The summed E-state index contributed by atoms with van der Waals surface area (Å²) in [6, 6.07) is 8.11. The Labute approximate surface area is 153 Å². The smallest absolute Gasteiger partial charge is 0.254 e. The molecule has 24 heavy (non-hydrogen) atoms. The van der Waals surface area contributed by atoms with E-state index in [1.165, 1.54) is 0 Å². The highest BCUT2D eigenvalue weighted by Gasteiger charge is 2.23. The van der Waals surface area contributed by atoms with Crippen LogP contribution in [0.15, 0.2) is 36.7 Å². The molecule has 2 heterocycles. The van der Waals surface area contributed by atoms with E-state index in [4.69, 9.17) is 11.6 Å². The highest BCUT2D eigenvalue weighted by atomic mass is 35.5. The molecule has 2 atom stereocenters. The molecule has 3 rings (SSSR count). The molecule has 5 nitrogen and oxygen atoms in total. The van der Waals surface area contributed by atoms with Gasteiger partial charge in [-0.3, -0.25) is 9.48 Å². The lowest BCUT2D eigenvalue weighted by Crippen LogP contribution is -2.51. The summed E-state index contributed by atoms with van der Waals surface area (Å²) in [7, 11) is 0. The molecule has 1 saturated heterocycles. The highest BCUT2D eigenvalue weighted by molar-refractivity contribution is 6.31. The van der Waals surface area contributed by atoms with Gasteiger partial charge in [-0.2, -0.15) is 5.10 Å². The molecule has 1 aromatic carbocycles. The molecule has 0 saturated carbocycles. The molecule has 0 radical (unpaired) electrons. The highest BCUT2D eigenvalue weighted by Crippen LogP contribution is 2.16. The lowest BCUT2D eigenvalue weighted by molar-refractivity contribution is 0.0920. The second-order valence-electron chi connectivity index (χ2n) is 5.98. The minimum absolute atomic E-state index is 0. The van der Waals surface area contributed by atoms with Crippen LogP contribution >= 0.6 is 24.0 Å². The first-order valence-electron chi connectivity index (χ1n) is 7.93. The van der Waals surface area contributed by atoms with Gasteiger partial charge in [0.15, 0.2) is 0 Å². The van der Waals surface area contributed by atoms with Gasteiger partial charge in [0.05, 0.1) is 18.3 Å². The maximum atomic E-state index is 12.4. The summed E-state index contributed by atoms with van der Waals surface area (Å²) in [6.45, 7) is 3.67. The fourth-order valence-corrected chi connectivity index (χ4v) is 3.06. The number of nitrogens with one attached hydrogen (secondary N) is 2. The molecule has 0 bridgehead atoms. The molecule has 1 aliphatic rings. The van der Waals surface area contributed by atoms with Crippen molar-refractivity contribution in [1.29, 1.82) is 0 Å². The van der Waals surface area contributed by atoms with Crippen molar-refractivity contribution >= 4 is 29.9 Å². The molecule has 1 aromatic heterocycles. The fraction of sp³-hybridized carbons (Fsp3) is 0.412. The Bertz CT molecular complexity index is 689. The third kappa shape index (κ3) is 4.50. The topological polar surface area (TPSA) is 58.9 Å². The van der Waals surface area contributed by atoms with Gasteiger partial charge in [-0.05, 0) is 37.9 Å². The fourth-order valence-electron chi connectivity index (χ4n) is 2.86. The Kier molecular flexibility index (Phi) is 6.66. The number of nitrogens with zero attached hydrogens (tertiary/aromatic N) is 2. The average Bonchev–Trinajstić information content (AvgIpc) is 3.01. The zero-order valence-electron chi connectivity index (χ0n) is 13.5. The maximum Gasteiger partial charge on any atom is 0.254 e. The van der Waals surface area contributed by atoms with Crippen molar-refractivity contribution in [1.82, 2.24) is 20.4 Å². The van der Waals surface area contributed by atoms with Crippen LogP contribution in [0.2, 0.25) is 5.02 Å². The van der Waals surface area contributed by atoms with Crippen LogP contribution in [0.3, 0.4) is 0 Å². The molecule has 7 heteroatoms. The number of carbonyl (C=O) groups excluding carboxylic acids is 1. The third-order valence-electron chi connectivity index (χ3n) is 4.26. The molecule has 130 valence electrons. The molecule has 1 amide bonds. The molecular formula is C17H22Cl2N4O. The quantitative estimate of drug-likeness (QED) is 0.871. The first kappa shape index (κ1) is 18.8. The zero-order valence-corrected chi connectivity index (χ0v) is 15.1. The van der Waals surface area contributed by atoms with E-state index in [0.717, 1.165) is 24.9 Å². The normalized spacial score (nSPS) is 20.2. The Hall–Kier alpha value is -1.56. The van der Waals surface area contributed by atoms with E-state index in [1.54, 1.807) is 17.1 Å². The minimum Gasteiger partial charge on any atom is -0.348 e. The van der Waals surface area contributed by atoms with Gasteiger partial charge in [0.2, 0.25) is 0 Å². The van der Waals surface area contributed by atoms with Gasteiger partial charge >= 0.3 is 0 Å². The number of benzene rings is 1. The maximum absolute atomic E-state index is 12.4. The van der Waals surface area contributed by atoms with E-state index in [9.17, 15) is 4.79 Å². The third-order valence-corrected chi connectivity index (χ3v) is 4.63. The van der Waals surface area contributed by atoms with Gasteiger partial charge in [-0.1, -0.05) is 29.8 Å². The monoisotopic (exact) mass is 368 g/mol. The van der Waals surface area contributed by atoms with Crippen molar-refractivity contribution in [3.05, 3.63) is 52.8 Å². The van der Waals surface area contributed by atoms with E-state index < -0.39 is 0 Å². The number of halogens is 2. The number of piperidine rings is 1. The van der Waals surface area contributed by atoms with Crippen molar-refractivity contribution in [2.24, 2.45) is 0 Å². The molecule has 2 unspecified atom stereocenters. The van der Waals surface area contributed by atoms with Crippen molar-refractivity contribution in [2.45, 2.75) is 38.4 Å². The average molecular weight is 369 g/mol. The van der Waals surface area contributed by atoms with E-state index in [-0.39, 0.29) is 24.4 Å². The van der Waals surface area contributed by atoms with Crippen LogP contribution < -0.4 is 10.6 Å². The summed E-state index contributed by atoms with van der Waals surface area (Å²) in [5.74, 6) is -0.0732. The second-order valence-corrected chi connectivity index (χ2v) is 6.39. The Morgan fingerprint density at radius 3 is 3.00 bits per heavy atom. The Balaban J connectivity index is 0.00000208. The molecular weight excluding hydrogens is 347 g/mol. The van der Waals surface area contributed by atoms with Crippen LogP contribution in [-0.4, -0.2) is 34.3 Å². The van der Waals surface area contributed by atoms with Gasteiger partial charge in [-0.15, -0.1) is 12.4 Å². The molecule has 0 spiro atoms. The first-order valence-corrected chi connectivity index (χ1v) is 8.31. The van der Waals surface area contributed by atoms with Crippen molar-refractivity contribution < 1.29 is 4.79 Å². The van der Waals surface area contributed by atoms with E-state index in [0.29, 0.717) is 23.2 Å². The first-order chi connectivity index (χ1) is 11.1. The van der Waals surface area contributed by atoms with Crippen LogP contribution in [0.1, 0.15) is 35.7 Å². The van der Waals surface area contributed by atoms with Gasteiger partial charge in [0, 0.05) is 23.3 Å². The number of hydrogen-bond donors (Lipinski definition) is 2. The molecule has 0 aliphatic carbocycles. The summed E-state index contributed by atoms with van der Waals surface area (Å²) in [5.41, 5.74) is 1.56. The van der Waals surface area contributed by atoms with Crippen LogP contribution in [-0.2, 0) is 6.54 Å². The van der Waals surface area contributed by atoms with Crippen LogP contribution in [0, 0.1) is 0 Å². The zero-order chi connectivity index (χ0) is 16.2. The lowest BCUT2D eigenvalue weighted by Gasteiger charge is -2.30. The van der Waals surface area contributed by atoms with Crippen LogP contribution in [0.5, 0.6) is 0 Å². The number of amides is 1. The van der Waals surface area contributed by atoms with Gasteiger partial charge in [0.25, 0.3) is 5.91 Å². The largest absolute Gasteiger partial charge is 0.348 e. The molecule has 2 N–H and O–H groups in total. The number of rotatable bonds is 4. The summed E-state index contributed by atoms with van der Waals surface area (Å²) in [6.07, 6.45) is 5.46. The Morgan fingerprint density at radius 2 is 2.25 bits per heavy atom. The summed E-state index contributed by atoms with van der Waals surface area (Å²) in [4.78, 5) is 12.4. The summed E-state index contributed by atoms with van der Waals surface area (Å²) in [5, 5.41) is 11.4. The number of aromatic nitrogens is 2. The summed E-state index contributed by atoms with van der Waals surface area (Å²) < 4.78 is 1.73. The predicted octanol–water partition coefficient (Wildman–Crippen LogP) is 2.88. The van der Waals surface area contributed by atoms with E-state index in [2.05, 4.69) is 22.7 Å². The van der Waals surface area contributed by atoms with Crippen molar-refractivity contribution in [3.8, 4) is 0 Å². The molecule has 2 aromatic rings. The number of carbonyl (C=O) groups is 1. The van der Waals surface area contributed by atoms with E-state index >= 15 is 0 Å². The van der Waals surface area contributed by atoms with Gasteiger partial charge in [-0.25, -0.2) is 0 Å².